The largest absolute Gasteiger partial charge is 0.379 e. The molecule has 0 aliphatic carbocycles. The van der Waals surface area contributed by atoms with Gasteiger partial charge in [-0.15, -0.1) is 0 Å². The zero-order valence-corrected chi connectivity index (χ0v) is 21.4. The molecule has 2 saturated heterocycles. The van der Waals surface area contributed by atoms with Crippen molar-refractivity contribution in [3.8, 4) is 0 Å². The lowest BCUT2D eigenvalue weighted by molar-refractivity contribution is 0.0350. The summed E-state index contributed by atoms with van der Waals surface area (Å²) in [4.78, 5) is 11.9. The minimum Gasteiger partial charge on any atom is -0.379 e. The highest BCUT2D eigenvalue weighted by Crippen LogP contribution is 2.43. The van der Waals surface area contributed by atoms with Crippen molar-refractivity contribution < 1.29 is 4.74 Å². The lowest BCUT2D eigenvalue weighted by Gasteiger charge is -2.41. The van der Waals surface area contributed by atoms with Crippen LogP contribution >= 0.6 is 12.2 Å². The summed E-state index contributed by atoms with van der Waals surface area (Å²) < 4.78 is 5.53. The summed E-state index contributed by atoms with van der Waals surface area (Å²) in [5.41, 5.74) is 6.18. The summed E-state index contributed by atoms with van der Waals surface area (Å²) in [5, 5.41) is 4.40. The maximum atomic E-state index is 5.88. The molecule has 0 unspecified atom stereocenters. The van der Waals surface area contributed by atoms with Crippen LogP contribution in [0.25, 0.3) is 5.57 Å². The summed E-state index contributed by atoms with van der Waals surface area (Å²) in [6.07, 6.45) is 4.23. The molecule has 2 atom stereocenters. The molecule has 4 heterocycles. The molecule has 7 heteroatoms. The third kappa shape index (κ3) is 4.32. The molecule has 34 heavy (non-hydrogen) atoms. The molecule has 0 spiro atoms. The van der Waals surface area contributed by atoms with Crippen molar-refractivity contribution in [3.05, 3.63) is 65.5 Å². The monoisotopic (exact) mass is 477 g/mol. The highest BCUT2D eigenvalue weighted by Gasteiger charge is 2.40. The van der Waals surface area contributed by atoms with E-state index in [-0.39, 0.29) is 17.6 Å². The van der Waals surface area contributed by atoms with E-state index in [1.165, 1.54) is 22.4 Å². The molecular weight excluding hydrogens is 442 g/mol. The fourth-order valence-corrected chi connectivity index (χ4v) is 5.78. The van der Waals surface area contributed by atoms with Gasteiger partial charge in [0, 0.05) is 50.7 Å². The summed E-state index contributed by atoms with van der Waals surface area (Å²) >= 11 is 5.88. The zero-order valence-electron chi connectivity index (χ0n) is 20.6. The minimum absolute atomic E-state index is 0.00420. The first-order valence-corrected chi connectivity index (χ1v) is 12.6. The van der Waals surface area contributed by atoms with Crippen molar-refractivity contribution in [2.24, 2.45) is 0 Å². The average Bonchev–Trinajstić information content (AvgIpc) is 3.18. The Morgan fingerprint density at radius 2 is 1.94 bits per heavy atom. The van der Waals surface area contributed by atoms with E-state index in [0.29, 0.717) is 0 Å². The third-order valence-electron chi connectivity index (χ3n) is 7.54. The van der Waals surface area contributed by atoms with Crippen LogP contribution in [0, 0.1) is 0 Å². The van der Waals surface area contributed by atoms with Gasteiger partial charge in [0.15, 0.2) is 5.11 Å². The number of thiocarbonyl (C=S) groups is 1. The van der Waals surface area contributed by atoms with Gasteiger partial charge in [0.1, 0.15) is 0 Å². The van der Waals surface area contributed by atoms with Gasteiger partial charge in [0.25, 0.3) is 0 Å². The predicted molar refractivity (Wildman–Crippen MR) is 142 cm³/mol. The molecule has 180 valence electrons. The number of aromatic nitrogens is 1. The first-order chi connectivity index (χ1) is 16.3. The molecule has 3 aliphatic rings. The number of morpholine rings is 1. The molecule has 0 saturated carbocycles. The normalized spacial score (nSPS) is 24.6. The number of pyridine rings is 1. The van der Waals surface area contributed by atoms with E-state index in [1.54, 1.807) is 0 Å². The highest BCUT2D eigenvalue weighted by atomic mass is 32.1. The number of allylic oxidation sites excluding steroid dienone is 1. The molecule has 0 bridgehead atoms. The van der Waals surface area contributed by atoms with E-state index >= 15 is 0 Å². The van der Waals surface area contributed by atoms with Crippen molar-refractivity contribution in [1.82, 2.24) is 20.1 Å². The van der Waals surface area contributed by atoms with E-state index in [0.717, 1.165) is 50.2 Å². The van der Waals surface area contributed by atoms with Crippen LogP contribution in [0.3, 0.4) is 0 Å². The molecule has 2 aromatic rings. The second-order valence-electron chi connectivity index (χ2n) is 10.1. The Labute approximate surface area is 208 Å². The fourth-order valence-electron chi connectivity index (χ4n) is 5.44. The summed E-state index contributed by atoms with van der Waals surface area (Å²) in [5.74, 6) is 0. The molecule has 0 radical (unpaired) electrons. The third-order valence-corrected chi connectivity index (χ3v) is 7.89. The quantitative estimate of drug-likeness (QED) is 0.653. The Balaban J connectivity index is 1.50. The number of rotatable bonds is 5. The number of hydrogen-bond donors (Lipinski definition) is 1. The van der Waals surface area contributed by atoms with Gasteiger partial charge in [-0.1, -0.05) is 18.2 Å². The van der Waals surface area contributed by atoms with Crippen molar-refractivity contribution >= 4 is 28.6 Å². The van der Waals surface area contributed by atoms with Crippen molar-refractivity contribution in [1.29, 1.82) is 0 Å². The first-order valence-electron chi connectivity index (χ1n) is 12.2. The Morgan fingerprint density at radius 3 is 2.68 bits per heavy atom. The van der Waals surface area contributed by atoms with Crippen molar-refractivity contribution in [2.45, 2.75) is 38.4 Å². The van der Waals surface area contributed by atoms with Crippen LogP contribution in [0.2, 0.25) is 0 Å². The van der Waals surface area contributed by atoms with Gasteiger partial charge in [0.2, 0.25) is 0 Å². The molecule has 6 nitrogen and oxygen atoms in total. The van der Waals surface area contributed by atoms with Gasteiger partial charge < -0.3 is 19.9 Å². The van der Waals surface area contributed by atoms with Crippen LogP contribution in [0.4, 0.5) is 5.69 Å². The molecule has 0 amide bonds. The number of hydrogen-bond acceptors (Lipinski definition) is 5. The molecular formula is C27H35N5OS. The molecule has 3 aliphatic heterocycles. The van der Waals surface area contributed by atoms with E-state index in [2.05, 4.69) is 84.2 Å². The number of ether oxygens (including phenoxy) is 1. The van der Waals surface area contributed by atoms with E-state index in [4.69, 9.17) is 21.9 Å². The molecule has 1 N–H and O–H groups in total. The summed E-state index contributed by atoms with van der Waals surface area (Å²) in [7, 11) is 2.18. The zero-order chi connectivity index (χ0) is 23.9. The molecule has 1 aromatic heterocycles. The number of benzene rings is 1. The van der Waals surface area contributed by atoms with Crippen molar-refractivity contribution in [3.63, 3.8) is 0 Å². The second-order valence-corrected chi connectivity index (χ2v) is 10.5. The Kier molecular flexibility index (Phi) is 6.35. The van der Waals surface area contributed by atoms with Crippen LogP contribution in [0.1, 0.15) is 49.7 Å². The number of nitrogens with zero attached hydrogens (tertiary/aromatic N) is 4. The Morgan fingerprint density at radius 1 is 1.15 bits per heavy atom. The Bertz CT molecular complexity index is 1080. The Hall–Kier alpha value is -2.48. The second kappa shape index (κ2) is 9.29. The van der Waals surface area contributed by atoms with Gasteiger partial charge in [0.05, 0.1) is 36.5 Å². The highest BCUT2D eigenvalue weighted by molar-refractivity contribution is 7.80. The van der Waals surface area contributed by atoms with Gasteiger partial charge >= 0.3 is 0 Å². The number of likely N-dealkylation sites (N-methyl/N-ethyl adjacent to an activating group) is 1. The molecule has 5 rings (SSSR count). The summed E-state index contributed by atoms with van der Waals surface area (Å²) in [6, 6.07) is 13.1. The predicted octanol–water partition coefficient (Wildman–Crippen LogP) is 4.02. The lowest BCUT2D eigenvalue weighted by Crippen LogP contribution is -2.43. The SMILES string of the molecule is CC1=CC(C)(C)N(C)c2ccc([C@@H]3[C@H](c4ccccn4)NC(=S)N3CCN3CCOCC3)cc21. The lowest BCUT2D eigenvalue weighted by atomic mass is 9.86. The maximum Gasteiger partial charge on any atom is 0.170 e. The molecule has 1 aromatic carbocycles. The van der Waals surface area contributed by atoms with Gasteiger partial charge in [-0.3, -0.25) is 9.88 Å². The van der Waals surface area contributed by atoms with Crippen LogP contribution in [0.15, 0.2) is 48.7 Å². The van der Waals surface area contributed by atoms with Gasteiger partial charge in [-0.05, 0) is 68.4 Å². The maximum absolute atomic E-state index is 5.88. The van der Waals surface area contributed by atoms with Crippen LogP contribution < -0.4 is 10.2 Å². The van der Waals surface area contributed by atoms with Gasteiger partial charge in [-0.25, -0.2) is 0 Å². The topological polar surface area (TPSA) is 43.9 Å². The number of anilines is 1. The summed E-state index contributed by atoms with van der Waals surface area (Å²) in [6.45, 7) is 12.2. The van der Waals surface area contributed by atoms with Crippen molar-refractivity contribution in [2.75, 3.05) is 51.3 Å². The van der Waals surface area contributed by atoms with Gasteiger partial charge in [-0.2, -0.15) is 0 Å². The standard InChI is InChI=1S/C27H35N5OS/c1-19-18-27(2,3)30(4)23-9-8-20(17-21(19)23)25-24(22-7-5-6-10-28-22)29-26(34)32(25)12-11-31-13-15-33-16-14-31/h5-10,17-18,24-25H,11-16H2,1-4H3,(H,29,34)/t24-,25+/m0/s1. The smallest absolute Gasteiger partial charge is 0.170 e. The van der Waals surface area contributed by atoms with Crippen LogP contribution in [0.5, 0.6) is 0 Å². The first kappa shape index (κ1) is 23.3. The van der Waals surface area contributed by atoms with E-state index in [9.17, 15) is 0 Å². The van der Waals surface area contributed by atoms with E-state index < -0.39 is 0 Å². The van der Waals surface area contributed by atoms with Crippen LogP contribution in [-0.4, -0.2) is 71.9 Å². The number of fused-ring (bicyclic) bond motifs is 1. The number of nitrogens with one attached hydrogen (secondary N) is 1. The van der Waals surface area contributed by atoms with E-state index in [1.807, 2.05) is 12.3 Å². The van der Waals surface area contributed by atoms with Crippen LogP contribution in [-0.2, 0) is 4.74 Å². The average molecular weight is 478 g/mol. The molecule has 2 fully saturated rings. The minimum atomic E-state index is -0.00420. The fraction of sp³-hybridized carbons (Fsp3) is 0.481.